The van der Waals surface area contributed by atoms with Crippen molar-refractivity contribution in [1.29, 1.82) is 0 Å². The number of aliphatic hydroxyl groups is 2. The van der Waals surface area contributed by atoms with Gasteiger partial charge in [-0.05, 0) is 49.9 Å². The van der Waals surface area contributed by atoms with Crippen molar-refractivity contribution in [2.75, 3.05) is 5.32 Å². The van der Waals surface area contributed by atoms with Crippen molar-refractivity contribution in [3.05, 3.63) is 65.9 Å². The van der Waals surface area contributed by atoms with Gasteiger partial charge < -0.3 is 15.5 Å². The van der Waals surface area contributed by atoms with Crippen LogP contribution >= 0.6 is 0 Å². The summed E-state index contributed by atoms with van der Waals surface area (Å²) in [5.74, 6) is -0.189. The molecular formula is C22H24N4O3. The first-order valence-corrected chi connectivity index (χ1v) is 9.73. The Morgan fingerprint density at radius 3 is 2.69 bits per heavy atom. The maximum absolute atomic E-state index is 12.7. The summed E-state index contributed by atoms with van der Waals surface area (Å²) in [4.78, 5) is 12.7. The summed E-state index contributed by atoms with van der Waals surface area (Å²) in [6, 6.07) is 14.9. The van der Waals surface area contributed by atoms with E-state index in [-0.39, 0.29) is 12.5 Å². The van der Waals surface area contributed by atoms with E-state index in [4.69, 9.17) is 0 Å². The predicted octanol–water partition coefficient (Wildman–Crippen LogP) is 2.78. The van der Waals surface area contributed by atoms with E-state index < -0.39 is 11.7 Å². The lowest BCUT2D eigenvalue weighted by Gasteiger charge is -2.40. The van der Waals surface area contributed by atoms with Crippen LogP contribution in [-0.2, 0) is 6.54 Å². The number of rotatable bonds is 6. The van der Waals surface area contributed by atoms with Crippen LogP contribution in [0.4, 0.5) is 5.69 Å². The fourth-order valence-corrected chi connectivity index (χ4v) is 3.49. The van der Waals surface area contributed by atoms with E-state index in [0.29, 0.717) is 24.1 Å². The lowest BCUT2D eigenvalue weighted by Crippen LogP contribution is -2.50. The molecule has 0 aliphatic heterocycles. The molecule has 1 aliphatic rings. The molecule has 0 spiro atoms. The van der Waals surface area contributed by atoms with Gasteiger partial charge in [-0.2, -0.15) is 0 Å². The van der Waals surface area contributed by atoms with Crippen LogP contribution in [0.15, 0.2) is 54.7 Å². The molecule has 3 N–H and O–H groups in total. The summed E-state index contributed by atoms with van der Waals surface area (Å²) in [5, 5.41) is 31.6. The molecule has 1 fully saturated rings. The number of anilines is 1. The molecule has 29 heavy (non-hydrogen) atoms. The molecule has 4 rings (SSSR count). The van der Waals surface area contributed by atoms with Crippen molar-refractivity contribution in [3.63, 3.8) is 0 Å². The van der Waals surface area contributed by atoms with E-state index in [0.717, 1.165) is 23.2 Å². The monoisotopic (exact) mass is 392 g/mol. The molecule has 0 bridgehead atoms. The highest BCUT2D eigenvalue weighted by Gasteiger charge is 2.41. The van der Waals surface area contributed by atoms with Crippen LogP contribution in [0.1, 0.15) is 35.2 Å². The first kappa shape index (κ1) is 19.3. The van der Waals surface area contributed by atoms with Crippen molar-refractivity contribution in [2.45, 2.75) is 44.4 Å². The first-order valence-electron chi connectivity index (χ1n) is 9.73. The van der Waals surface area contributed by atoms with Gasteiger partial charge >= 0.3 is 0 Å². The summed E-state index contributed by atoms with van der Waals surface area (Å²) in [7, 11) is 0. The van der Waals surface area contributed by atoms with Crippen molar-refractivity contribution in [1.82, 2.24) is 15.0 Å². The summed E-state index contributed by atoms with van der Waals surface area (Å²) < 4.78 is 1.53. The number of benzene rings is 2. The minimum Gasteiger partial charge on any atom is -0.388 e. The quantitative estimate of drug-likeness (QED) is 0.599. The summed E-state index contributed by atoms with van der Waals surface area (Å²) in [5.41, 5.74) is 2.50. The highest BCUT2D eigenvalue weighted by molar-refractivity contribution is 6.05. The molecule has 0 radical (unpaired) electrons. The van der Waals surface area contributed by atoms with Crippen LogP contribution in [0.25, 0.3) is 11.3 Å². The van der Waals surface area contributed by atoms with Gasteiger partial charge in [-0.3, -0.25) is 4.79 Å². The average molecular weight is 392 g/mol. The third kappa shape index (κ3) is 4.06. The van der Waals surface area contributed by atoms with Gasteiger partial charge in [0.05, 0.1) is 18.3 Å². The van der Waals surface area contributed by atoms with Crippen molar-refractivity contribution in [2.24, 2.45) is 0 Å². The zero-order valence-corrected chi connectivity index (χ0v) is 16.2. The van der Waals surface area contributed by atoms with E-state index in [2.05, 4.69) is 15.6 Å². The van der Waals surface area contributed by atoms with E-state index in [1.54, 1.807) is 12.3 Å². The zero-order valence-electron chi connectivity index (χ0n) is 16.2. The molecule has 3 aromatic rings. The fourth-order valence-electron chi connectivity index (χ4n) is 3.49. The summed E-state index contributed by atoms with van der Waals surface area (Å²) >= 11 is 0. The van der Waals surface area contributed by atoms with Gasteiger partial charge in [0.1, 0.15) is 11.8 Å². The normalized spacial score (nSPS) is 16.1. The van der Waals surface area contributed by atoms with Gasteiger partial charge in [0.2, 0.25) is 0 Å². The lowest BCUT2D eigenvalue weighted by molar-refractivity contribution is -0.131. The Kier molecular flexibility index (Phi) is 5.17. The number of aromatic nitrogens is 3. The molecule has 1 amide bonds. The molecule has 0 saturated heterocycles. The Hall–Kier alpha value is -3.03. The highest BCUT2D eigenvalue weighted by Crippen LogP contribution is 2.35. The third-order valence-corrected chi connectivity index (χ3v) is 5.55. The van der Waals surface area contributed by atoms with Crippen molar-refractivity contribution in [3.8, 4) is 11.3 Å². The Bertz CT molecular complexity index is 1010. The predicted molar refractivity (Wildman–Crippen MR) is 109 cm³/mol. The van der Waals surface area contributed by atoms with Gasteiger partial charge in [-0.15, -0.1) is 5.10 Å². The molecule has 7 heteroatoms. The van der Waals surface area contributed by atoms with Crippen LogP contribution in [0.3, 0.4) is 0 Å². The number of hydrogen-bond acceptors (Lipinski definition) is 5. The smallest absolute Gasteiger partial charge is 0.255 e. The minimum atomic E-state index is -1.02. The van der Waals surface area contributed by atoms with E-state index in [9.17, 15) is 15.0 Å². The van der Waals surface area contributed by atoms with Gasteiger partial charge in [0.15, 0.2) is 0 Å². The maximum Gasteiger partial charge on any atom is 0.255 e. The molecule has 7 nitrogen and oxygen atoms in total. The molecule has 1 unspecified atom stereocenters. The van der Waals surface area contributed by atoms with Crippen molar-refractivity contribution >= 4 is 11.6 Å². The number of carbonyl (C=O) groups is 1. The standard InChI is InChI=1S/C22H24N4O3/c1-15-8-9-16(12-18(15)21(28)23-17-6-3-2-4-7-17)19-13-26(25-24-19)14-20(27)22(29)10-5-11-22/h2-4,6-9,12-13,20,27,29H,5,10-11,14H2,1H3,(H,23,28). The average Bonchev–Trinajstić information content (AvgIpc) is 3.15. The van der Waals surface area contributed by atoms with Gasteiger partial charge in [-0.25, -0.2) is 4.68 Å². The molecule has 1 aliphatic carbocycles. The number of nitrogens with one attached hydrogen (secondary N) is 1. The van der Waals surface area contributed by atoms with Gasteiger partial charge in [0.25, 0.3) is 5.91 Å². The first-order chi connectivity index (χ1) is 13.9. The topological polar surface area (TPSA) is 100 Å². The van der Waals surface area contributed by atoms with E-state index >= 15 is 0 Å². The Morgan fingerprint density at radius 2 is 2.00 bits per heavy atom. The largest absolute Gasteiger partial charge is 0.388 e. The molecule has 150 valence electrons. The summed E-state index contributed by atoms with van der Waals surface area (Å²) in [6.07, 6.45) is 2.97. The molecular weight excluding hydrogens is 368 g/mol. The second-order valence-electron chi connectivity index (χ2n) is 7.65. The number of amides is 1. The van der Waals surface area contributed by atoms with Gasteiger partial charge in [-0.1, -0.05) is 35.5 Å². The highest BCUT2D eigenvalue weighted by atomic mass is 16.3. The van der Waals surface area contributed by atoms with Crippen LogP contribution in [0.2, 0.25) is 0 Å². The molecule has 1 aromatic heterocycles. The molecule has 2 aromatic carbocycles. The number of hydrogen-bond donors (Lipinski definition) is 3. The number of nitrogens with zero attached hydrogens (tertiary/aromatic N) is 3. The van der Waals surface area contributed by atoms with Crippen LogP contribution < -0.4 is 5.32 Å². The van der Waals surface area contributed by atoms with E-state index in [1.165, 1.54) is 4.68 Å². The van der Waals surface area contributed by atoms with E-state index in [1.807, 2.05) is 49.4 Å². The minimum absolute atomic E-state index is 0.177. The number of para-hydroxylation sites is 1. The number of aryl methyl sites for hydroxylation is 1. The number of carbonyl (C=O) groups excluding carboxylic acids is 1. The van der Waals surface area contributed by atoms with Crippen LogP contribution in [-0.4, -0.2) is 42.8 Å². The van der Waals surface area contributed by atoms with Crippen LogP contribution in [0, 0.1) is 6.92 Å². The Morgan fingerprint density at radius 1 is 1.24 bits per heavy atom. The zero-order chi connectivity index (χ0) is 20.4. The van der Waals surface area contributed by atoms with Crippen molar-refractivity contribution < 1.29 is 15.0 Å². The molecule has 1 saturated carbocycles. The molecule has 1 atom stereocenters. The third-order valence-electron chi connectivity index (χ3n) is 5.55. The SMILES string of the molecule is Cc1ccc(-c2cn(CC(O)C3(O)CCC3)nn2)cc1C(=O)Nc1ccccc1. The summed E-state index contributed by atoms with van der Waals surface area (Å²) in [6.45, 7) is 2.06. The second kappa shape index (κ2) is 7.77. The Balaban J connectivity index is 1.51. The lowest BCUT2D eigenvalue weighted by atomic mass is 9.76. The maximum atomic E-state index is 12.7. The fraction of sp³-hybridized carbons (Fsp3) is 0.318. The molecule has 1 heterocycles. The van der Waals surface area contributed by atoms with Gasteiger partial charge in [0, 0.05) is 16.8 Å². The second-order valence-corrected chi connectivity index (χ2v) is 7.65. The Labute approximate surface area is 169 Å². The number of aliphatic hydroxyl groups excluding tert-OH is 1. The van der Waals surface area contributed by atoms with Crippen LogP contribution in [0.5, 0.6) is 0 Å².